The Kier molecular flexibility index (Phi) is 16.3. The van der Waals surface area contributed by atoms with E-state index in [2.05, 4.69) is 13.2 Å². The molecule has 0 aromatic rings. The van der Waals surface area contributed by atoms with Crippen molar-refractivity contribution >= 4 is 11.9 Å². The van der Waals surface area contributed by atoms with Crippen molar-refractivity contribution in [3.63, 3.8) is 0 Å². The number of ether oxygens (including phenoxy) is 6. The summed E-state index contributed by atoms with van der Waals surface area (Å²) < 4.78 is 30.4. The van der Waals surface area contributed by atoms with Gasteiger partial charge in [0, 0.05) is 12.2 Å². The normalized spacial score (nSPS) is 10.2. The lowest BCUT2D eigenvalue weighted by Crippen LogP contribution is -2.14. The zero-order valence-electron chi connectivity index (χ0n) is 13.9. The second kappa shape index (κ2) is 17.6. The predicted molar refractivity (Wildman–Crippen MR) is 85.6 cm³/mol. The van der Waals surface area contributed by atoms with Crippen molar-refractivity contribution in [3.8, 4) is 0 Å². The number of hydrogen-bond donors (Lipinski definition) is 0. The van der Waals surface area contributed by atoms with Gasteiger partial charge in [-0.05, 0) is 0 Å². The summed E-state index contributed by atoms with van der Waals surface area (Å²) in [6.45, 7) is 10.2. The molecule has 0 aliphatic heterocycles. The highest BCUT2D eigenvalue weighted by Gasteiger charge is 1.96. The number of hydrogen-bond acceptors (Lipinski definition) is 8. The molecule has 0 aromatic heterocycles. The molecule has 0 saturated carbocycles. The van der Waals surface area contributed by atoms with E-state index in [1.54, 1.807) is 0 Å². The van der Waals surface area contributed by atoms with Crippen molar-refractivity contribution in [1.82, 2.24) is 0 Å². The van der Waals surface area contributed by atoms with Crippen LogP contribution in [0.5, 0.6) is 0 Å². The molecule has 8 heteroatoms. The molecule has 0 aliphatic carbocycles. The summed E-state index contributed by atoms with van der Waals surface area (Å²) in [5, 5.41) is 0. The molecule has 0 radical (unpaired) electrons. The Morgan fingerprint density at radius 2 is 0.792 bits per heavy atom. The first-order valence-corrected chi connectivity index (χ1v) is 7.60. The van der Waals surface area contributed by atoms with E-state index >= 15 is 0 Å². The molecule has 0 rings (SSSR count). The Hall–Kier alpha value is -1.74. The maximum Gasteiger partial charge on any atom is 0.330 e. The third-order valence-corrected chi connectivity index (χ3v) is 2.39. The molecular weight excluding hydrogens is 320 g/mol. The topological polar surface area (TPSA) is 89.5 Å². The van der Waals surface area contributed by atoms with Crippen LogP contribution in [0.1, 0.15) is 0 Å². The van der Waals surface area contributed by atoms with Crippen molar-refractivity contribution in [2.24, 2.45) is 0 Å². The van der Waals surface area contributed by atoms with Gasteiger partial charge in [-0.25, -0.2) is 9.59 Å². The fraction of sp³-hybridized carbons (Fsp3) is 0.625. The van der Waals surface area contributed by atoms with Crippen LogP contribution in [0.25, 0.3) is 0 Å². The minimum absolute atomic E-state index is 0.195. The number of carbonyl (C=O) groups excluding carboxylic acids is 2. The monoisotopic (exact) mass is 346 g/mol. The van der Waals surface area contributed by atoms with Gasteiger partial charge in [0.2, 0.25) is 0 Å². The molecule has 0 heterocycles. The fourth-order valence-electron chi connectivity index (χ4n) is 1.28. The summed E-state index contributed by atoms with van der Waals surface area (Å²) in [6, 6.07) is 0. The second-order valence-corrected chi connectivity index (χ2v) is 4.19. The summed E-state index contributed by atoms with van der Waals surface area (Å²) in [5.74, 6) is -0.928. The fourth-order valence-corrected chi connectivity index (χ4v) is 1.28. The Balaban J connectivity index is 3.07. The van der Waals surface area contributed by atoms with Crippen LogP contribution in [0.15, 0.2) is 25.3 Å². The highest BCUT2D eigenvalue weighted by Crippen LogP contribution is 1.85. The van der Waals surface area contributed by atoms with Crippen molar-refractivity contribution in [3.05, 3.63) is 25.3 Å². The maximum atomic E-state index is 10.7. The Labute approximate surface area is 142 Å². The van der Waals surface area contributed by atoms with E-state index in [1.807, 2.05) is 0 Å². The lowest BCUT2D eigenvalue weighted by molar-refractivity contribution is -0.140. The quantitative estimate of drug-likeness (QED) is 0.214. The number of rotatable bonds is 17. The van der Waals surface area contributed by atoms with E-state index in [0.29, 0.717) is 52.9 Å². The highest BCUT2D eigenvalue weighted by molar-refractivity contribution is 5.81. The zero-order valence-corrected chi connectivity index (χ0v) is 13.9. The lowest BCUT2D eigenvalue weighted by atomic mass is 10.6. The Morgan fingerprint density at radius 3 is 1.04 bits per heavy atom. The molecule has 0 amide bonds. The van der Waals surface area contributed by atoms with Gasteiger partial charge in [-0.15, -0.1) is 0 Å². The van der Waals surface area contributed by atoms with Gasteiger partial charge >= 0.3 is 11.9 Å². The summed E-state index contributed by atoms with van der Waals surface area (Å²) in [6.07, 6.45) is 2.21. The van der Waals surface area contributed by atoms with Crippen LogP contribution in [0.3, 0.4) is 0 Å². The van der Waals surface area contributed by atoms with Gasteiger partial charge in [-0.3, -0.25) is 0 Å². The lowest BCUT2D eigenvalue weighted by Gasteiger charge is -2.07. The molecule has 0 atom stereocenters. The molecule has 0 fully saturated rings. The van der Waals surface area contributed by atoms with Crippen molar-refractivity contribution in [2.45, 2.75) is 0 Å². The van der Waals surface area contributed by atoms with Crippen LogP contribution in [0.2, 0.25) is 0 Å². The van der Waals surface area contributed by atoms with Crippen LogP contribution in [-0.4, -0.2) is 78.0 Å². The van der Waals surface area contributed by atoms with Crippen LogP contribution >= 0.6 is 0 Å². The van der Waals surface area contributed by atoms with E-state index in [4.69, 9.17) is 28.4 Å². The molecule has 8 nitrogen and oxygen atoms in total. The van der Waals surface area contributed by atoms with Crippen LogP contribution in [-0.2, 0) is 38.0 Å². The SMILES string of the molecule is C=CC(=O)OCCOCCOCCOCCOCCOC(=O)C=C. The first-order chi connectivity index (χ1) is 11.7. The second-order valence-electron chi connectivity index (χ2n) is 4.19. The molecule has 138 valence electrons. The zero-order chi connectivity index (χ0) is 17.9. The molecule has 0 aliphatic rings. The van der Waals surface area contributed by atoms with E-state index in [-0.39, 0.29) is 13.2 Å². The average Bonchev–Trinajstić information content (AvgIpc) is 2.60. The van der Waals surface area contributed by atoms with E-state index in [1.165, 1.54) is 0 Å². The van der Waals surface area contributed by atoms with E-state index in [0.717, 1.165) is 12.2 Å². The van der Waals surface area contributed by atoms with Crippen LogP contribution < -0.4 is 0 Å². The molecule has 0 N–H and O–H groups in total. The molecule has 0 aromatic carbocycles. The summed E-state index contributed by atoms with van der Waals surface area (Å²) in [7, 11) is 0. The minimum Gasteiger partial charge on any atom is -0.460 e. The molecule has 0 saturated heterocycles. The van der Waals surface area contributed by atoms with Crippen molar-refractivity contribution < 1.29 is 38.0 Å². The van der Waals surface area contributed by atoms with Crippen LogP contribution in [0, 0.1) is 0 Å². The molecule has 24 heavy (non-hydrogen) atoms. The van der Waals surface area contributed by atoms with Crippen molar-refractivity contribution in [1.29, 1.82) is 0 Å². The van der Waals surface area contributed by atoms with Gasteiger partial charge in [0.05, 0.1) is 52.9 Å². The smallest absolute Gasteiger partial charge is 0.330 e. The standard InChI is InChI=1S/C16H26O8/c1-3-15(17)23-13-11-21-9-7-19-5-6-20-8-10-22-12-14-24-16(18)4-2/h3-4H,1-2,5-14H2. The molecule has 0 bridgehead atoms. The third kappa shape index (κ3) is 16.6. The van der Waals surface area contributed by atoms with E-state index < -0.39 is 11.9 Å². The summed E-state index contributed by atoms with van der Waals surface area (Å²) in [4.78, 5) is 21.4. The van der Waals surface area contributed by atoms with Gasteiger partial charge in [0.1, 0.15) is 13.2 Å². The van der Waals surface area contributed by atoms with Crippen LogP contribution in [0.4, 0.5) is 0 Å². The van der Waals surface area contributed by atoms with Gasteiger partial charge in [0.25, 0.3) is 0 Å². The predicted octanol–water partition coefficient (Wildman–Crippen LogP) is 0.511. The average molecular weight is 346 g/mol. The largest absolute Gasteiger partial charge is 0.460 e. The Morgan fingerprint density at radius 1 is 0.542 bits per heavy atom. The van der Waals surface area contributed by atoms with Crippen molar-refractivity contribution in [2.75, 3.05) is 66.1 Å². The number of carbonyl (C=O) groups is 2. The molecule has 0 spiro atoms. The first-order valence-electron chi connectivity index (χ1n) is 7.60. The first kappa shape index (κ1) is 22.3. The molecular formula is C16H26O8. The molecule has 0 unspecified atom stereocenters. The Bertz CT molecular complexity index is 322. The third-order valence-electron chi connectivity index (χ3n) is 2.39. The van der Waals surface area contributed by atoms with Gasteiger partial charge in [-0.1, -0.05) is 13.2 Å². The maximum absolute atomic E-state index is 10.7. The highest BCUT2D eigenvalue weighted by atomic mass is 16.6. The minimum atomic E-state index is -0.464. The summed E-state index contributed by atoms with van der Waals surface area (Å²) >= 11 is 0. The van der Waals surface area contributed by atoms with Gasteiger partial charge in [0.15, 0.2) is 0 Å². The van der Waals surface area contributed by atoms with Gasteiger partial charge < -0.3 is 28.4 Å². The summed E-state index contributed by atoms with van der Waals surface area (Å²) in [5.41, 5.74) is 0. The van der Waals surface area contributed by atoms with Gasteiger partial charge in [-0.2, -0.15) is 0 Å². The number of esters is 2. The van der Waals surface area contributed by atoms with E-state index in [9.17, 15) is 9.59 Å².